The van der Waals surface area contributed by atoms with Gasteiger partial charge in [0.1, 0.15) is 0 Å². The van der Waals surface area contributed by atoms with Gasteiger partial charge in [-0.3, -0.25) is 19.6 Å². The molecule has 6 heteroatoms. The Morgan fingerprint density at radius 3 is 1.15 bits per heavy atom. The largest absolute Gasteiger partial charge is 0.300 e. The quantitative estimate of drug-likeness (QED) is 0.617. The molecular formula is C14H24N6. The highest BCUT2D eigenvalue weighted by molar-refractivity contribution is 4.83. The van der Waals surface area contributed by atoms with Crippen LogP contribution >= 0.6 is 0 Å². The van der Waals surface area contributed by atoms with Crippen molar-refractivity contribution >= 4 is 0 Å². The molecule has 2 heterocycles. The Hall–Kier alpha value is -1.18. The zero-order valence-corrected chi connectivity index (χ0v) is 12.2. The molecule has 0 atom stereocenters. The first-order valence-corrected chi connectivity index (χ1v) is 7.45. The monoisotopic (exact) mass is 276 g/mol. The fourth-order valence-electron chi connectivity index (χ4n) is 2.82. The highest BCUT2D eigenvalue weighted by Gasteiger charge is 2.19. The van der Waals surface area contributed by atoms with E-state index in [9.17, 15) is 0 Å². The molecule has 2 saturated heterocycles. The molecule has 0 aromatic rings. The molecule has 2 fully saturated rings. The van der Waals surface area contributed by atoms with Crippen molar-refractivity contribution in [1.82, 2.24) is 19.6 Å². The Kier molecular flexibility index (Phi) is 6.23. The second-order valence-electron chi connectivity index (χ2n) is 5.55. The van der Waals surface area contributed by atoms with Crippen molar-refractivity contribution in [3.63, 3.8) is 0 Å². The van der Waals surface area contributed by atoms with Crippen molar-refractivity contribution in [3.05, 3.63) is 0 Å². The van der Waals surface area contributed by atoms with Crippen LogP contribution in [0.15, 0.2) is 0 Å². The summed E-state index contributed by atoms with van der Waals surface area (Å²) in [6.45, 7) is 11.8. The van der Waals surface area contributed by atoms with E-state index in [1.54, 1.807) is 0 Å². The first-order valence-electron chi connectivity index (χ1n) is 7.45. The lowest BCUT2D eigenvalue weighted by molar-refractivity contribution is 0.103. The molecule has 0 saturated carbocycles. The van der Waals surface area contributed by atoms with Gasteiger partial charge in [-0.05, 0) is 0 Å². The van der Waals surface area contributed by atoms with E-state index in [2.05, 4.69) is 31.7 Å². The van der Waals surface area contributed by atoms with Gasteiger partial charge < -0.3 is 0 Å². The van der Waals surface area contributed by atoms with Gasteiger partial charge in [0.15, 0.2) is 0 Å². The van der Waals surface area contributed by atoms with Crippen LogP contribution in [0.2, 0.25) is 0 Å². The van der Waals surface area contributed by atoms with Crippen molar-refractivity contribution in [2.75, 3.05) is 78.5 Å². The minimum absolute atomic E-state index is 0.564. The van der Waals surface area contributed by atoms with Crippen LogP contribution < -0.4 is 0 Å². The molecule has 0 bridgehead atoms. The van der Waals surface area contributed by atoms with Crippen LogP contribution in [-0.4, -0.2) is 98.1 Å². The molecule has 0 aliphatic carbocycles. The summed E-state index contributed by atoms with van der Waals surface area (Å²) in [6, 6.07) is 4.44. The Balaban J connectivity index is 1.58. The molecule has 0 spiro atoms. The van der Waals surface area contributed by atoms with Crippen molar-refractivity contribution in [1.29, 1.82) is 10.5 Å². The van der Waals surface area contributed by atoms with Gasteiger partial charge in [0, 0.05) is 65.4 Å². The lowest BCUT2D eigenvalue weighted by Gasteiger charge is -2.37. The molecule has 6 nitrogen and oxygen atoms in total. The number of hydrogen-bond donors (Lipinski definition) is 0. The summed E-state index contributed by atoms with van der Waals surface area (Å²) < 4.78 is 0. The van der Waals surface area contributed by atoms with E-state index in [0.29, 0.717) is 13.1 Å². The average Bonchev–Trinajstić information content (AvgIpc) is 2.49. The van der Waals surface area contributed by atoms with Gasteiger partial charge in [0.2, 0.25) is 0 Å². The van der Waals surface area contributed by atoms with Crippen LogP contribution in [0, 0.1) is 22.7 Å². The van der Waals surface area contributed by atoms with Gasteiger partial charge >= 0.3 is 0 Å². The normalized spacial score (nSPS) is 23.3. The van der Waals surface area contributed by atoms with Crippen LogP contribution in [0.25, 0.3) is 0 Å². The predicted molar refractivity (Wildman–Crippen MR) is 77.0 cm³/mol. The zero-order chi connectivity index (χ0) is 14.2. The molecule has 2 rings (SSSR count). The van der Waals surface area contributed by atoms with Crippen molar-refractivity contribution in [2.45, 2.75) is 0 Å². The first kappa shape index (κ1) is 15.2. The van der Waals surface area contributed by atoms with Crippen LogP contribution in [0.5, 0.6) is 0 Å². The highest BCUT2D eigenvalue weighted by Crippen LogP contribution is 2.04. The Labute approximate surface area is 121 Å². The van der Waals surface area contributed by atoms with Crippen molar-refractivity contribution in [2.24, 2.45) is 0 Å². The number of rotatable bonds is 5. The highest BCUT2D eigenvalue weighted by atomic mass is 15.3. The van der Waals surface area contributed by atoms with Gasteiger partial charge in [0.05, 0.1) is 25.2 Å². The Bertz CT molecular complexity index is 319. The Morgan fingerprint density at radius 1 is 0.550 bits per heavy atom. The maximum Gasteiger partial charge on any atom is 0.0866 e. The van der Waals surface area contributed by atoms with Crippen LogP contribution in [0.3, 0.4) is 0 Å². The summed E-state index contributed by atoms with van der Waals surface area (Å²) >= 11 is 0. The molecule has 0 N–H and O–H groups in total. The van der Waals surface area contributed by atoms with Gasteiger partial charge in [-0.2, -0.15) is 10.5 Å². The average molecular weight is 276 g/mol. The van der Waals surface area contributed by atoms with E-state index >= 15 is 0 Å². The molecule has 0 unspecified atom stereocenters. The van der Waals surface area contributed by atoms with E-state index < -0.39 is 0 Å². The smallest absolute Gasteiger partial charge is 0.0866 e. The number of hydrogen-bond acceptors (Lipinski definition) is 6. The van der Waals surface area contributed by atoms with E-state index in [4.69, 9.17) is 10.5 Å². The van der Waals surface area contributed by atoms with Gasteiger partial charge in [-0.25, -0.2) is 0 Å². The van der Waals surface area contributed by atoms with E-state index in [1.165, 1.54) is 0 Å². The molecule has 0 amide bonds. The van der Waals surface area contributed by atoms with Crippen molar-refractivity contribution in [3.8, 4) is 12.1 Å². The standard InChI is InChI=1S/C14H24N6/c15-1-3-17-5-9-19(10-6-17)13-14-20-11-7-18(4-2-16)8-12-20/h3-14H2. The minimum Gasteiger partial charge on any atom is -0.300 e. The van der Waals surface area contributed by atoms with Crippen LogP contribution in [0.1, 0.15) is 0 Å². The number of nitriles is 2. The molecular weight excluding hydrogens is 252 g/mol. The molecule has 0 aromatic carbocycles. The lowest BCUT2D eigenvalue weighted by Crippen LogP contribution is -2.51. The summed E-state index contributed by atoms with van der Waals surface area (Å²) in [5, 5.41) is 17.4. The fraction of sp³-hybridized carbons (Fsp3) is 0.857. The third kappa shape index (κ3) is 4.73. The van der Waals surface area contributed by atoms with Crippen LogP contribution in [-0.2, 0) is 0 Å². The summed E-state index contributed by atoms with van der Waals surface area (Å²) in [6.07, 6.45) is 0. The number of piperazine rings is 2. The SMILES string of the molecule is N#CCN1CCN(CCN2CCN(CC#N)CC2)CC1. The second kappa shape index (κ2) is 8.18. The second-order valence-corrected chi connectivity index (χ2v) is 5.55. The summed E-state index contributed by atoms with van der Waals surface area (Å²) in [4.78, 5) is 9.43. The molecule has 2 aliphatic heterocycles. The van der Waals surface area contributed by atoms with E-state index in [1.807, 2.05) is 0 Å². The maximum absolute atomic E-state index is 8.68. The predicted octanol–water partition coefficient (Wildman–Crippen LogP) is -0.731. The van der Waals surface area contributed by atoms with Crippen molar-refractivity contribution < 1.29 is 0 Å². The number of nitrogens with zero attached hydrogens (tertiary/aromatic N) is 6. The molecule has 0 radical (unpaired) electrons. The molecule has 20 heavy (non-hydrogen) atoms. The minimum atomic E-state index is 0.564. The third-order valence-electron chi connectivity index (χ3n) is 4.25. The van der Waals surface area contributed by atoms with Gasteiger partial charge in [0.25, 0.3) is 0 Å². The first-order chi connectivity index (χ1) is 9.81. The van der Waals surface area contributed by atoms with Gasteiger partial charge in [-0.1, -0.05) is 0 Å². The summed E-state index contributed by atoms with van der Waals surface area (Å²) in [5.41, 5.74) is 0. The molecule has 110 valence electrons. The topological polar surface area (TPSA) is 60.5 Å². The molecule has 2 aliphatic rings. The summed E-state index contributed by atoms with van der Waals surface area (Å²) in [7, 11) is 0. The third-order valence-corrected chi connectivity index (χ3v) is 4.25. The Morgan fingerprint density at radius 2 is 0.850 bits per heavy atom. The van der Waals surface area contributed by atoms with Gasteiger partial charge in [-0.15, -0.1) is 0 Å². The van der Waals surface area contributed by atoms with E-state index in [-0.39, 0.29) is 0 Å². The van der Waals surface area contributed by atoms with Crippen LogP contribution in [0.4, 0.5) is 0 Å². The fourth-order valence-corrected chi connectivity index (χ4v) is 2.82. The maximum atomic E-state index is 8.68. The lowest BCUT2D eigenvalue weighted by atomic mass is 10.3. The van der Waals surface area contributed by atoms with E-state index in [0.717, 1.165) is 65.4 Å². The summed E-state index contributed by atoms with van der Waals surface area (Å²) in [5.74, 6) is 0. The zero-order valence-electron chi connectivity index (χ0n) is 12.2. The molecule has 0 aromatic heterocycles.